The smallest absolute Gasteiger partial charge is 0.191 e. The molecule has 2 aliphatic rings. The molecular weight excluding hydrogens is 343 g/mol. The van der Waals surface area contributed by atoms with Crippen LogP contribution in [0.25, 0.3) is 0 Å². The first-order valence-corrected chi connectivity index (χ1v) is 10.2. The number of halogens is 1. The minimum absolute atomic E-state index is 0.0898. The van der Waals surface area contributed by atoms with Crippen molar-refractivity contribution in [2.75, 3.05) is 46.4 Å². The third-order valence-electron chi connectivity index (χ3n) is 6.20. The molecule has 0 bridgehead atoms. The Morgan fingerprint density at radius 3 is 2.67 bits per heavy atom. The van der Waals surface area contributed by atoms with Crippen LogP contribution in [0.5, 0.6) is 0 Å². The van der Waals surface area contributed by atoms with Gasteiger partial charge in [-0.15, -0.1) is 0 Å². The van der Waals surface area contributed by atoms with Gasteiger partial charge >= 0.3 is 0 Å². The zero-order chi connectivity index (χ0) is 19.1. The molecule has 1 aliphatic heterocycles. The van der Waals surface area contributed by atoms with Crippen molar-refractivity contribution in [2.24, 2.45) is 10.4 Å². The molecule has 27 heavy (non-hydrogen) atoms. The summed E-state index contributed by atoms with van der Waals surface area (Å²) >= 11 is 0. The highest BCUT2D eigenvalue weighted by Gasteiger charge is 2.35. The number of nitrogens with one attached hydrogen (secondary N) is 2. The van der Waals surface area contributed by atoms with Crippen LogP contribution in [-0.2, 0) is 4.74 Å². The zero-order valence-electron chi connectivity index (χ0n) is 16.6. The Bertz CT molecular complexity index is 621. The van der Waals surface area contributed by atoms with E-state index in [0.29, 0.717) is 12.0 Å². The molecule has 1 aromatic carbocycles. The van der Waals surface area contributed by atoms with E-state index in [-0.39, 0.29) is 11.9 Å². The Labute approximate surface area is 162 Å². The minimum atomic E-state index is -0.192. The Morgan fingerprint density at radius 1 is 1.30 bits per heavy atom. The molecule has 2 fully saturated rings. The maximum absolute atomic E-state index is 13.8. The van der Waals surface area contributed by atoms with Gasteiger partial charge in [0.25, 0.3) is 0 Å². The van der Waals surface area contributed by atoms with Crippen molar-refractivity contribution in [1.82, 2.24) is 15.5 Å². The molecule has 0 radical (unpaired) electrons. The SMILES string of the molecule is CCC1(CNC(=NC)NCC(c2cccc(F)c2)N2CCOCC2)CCC1. The van der Waals surface area contributed by atoms with Gasteiger partial charge < -0.3 is 15.4 Å². The molecule has 0 amide bonds. The summed E-state index contributed by atoms with van der Waals surface area (Å²) in [5.74, 6) is 0.632. The van der Waals surface area contributed by atoms with Crippen LogP contribution in [0.2, 0.25) is 0 Å². The Balaban J connectivity index is 1.62. The molecule has 0 aromatic heterocycles. The predicted molar refractivity (Wildman–Crippen MR) is 107 cm³/mol. The first kappa shape index (κ1) is 20.1. The van der Waals surface area contributed by atoms with Crippen molar-refractivity contribution in [1.29, 1.82) is 0 Å². The fourth-order valence-corrected chi connectivity index (χ4v) is 4.08. The molecule has 3 rings (SSSR count). The van der Waals surface area contributed by atoms with E-state index in [4.69, 9.17) is 4.74 Å². The van der Waals surface area contributed by atoms with Crippen LogP contribution >= 0.6 is 0 Å². The lowest BCUT2D eigenvalue weighted by Crippen LogP contribution is -2.49. The second-order valence-corrected chi connectivity index (χ2v) is 7.73. The molecule has 1 aliphatic carbocycles. The van der Waals surface area contributed by atoms with E-state index < -0.39 is 0 Å². The highest BCUT2D eigenvalue weighted by molar-refractivity contribution is 5.79. The molecular formula is C21H33FN4O. The van der Waals surface area contributed by atoms with Crippen LogP contribution in [0.4, 0.5) is 4.39 Å². The lowest BCUT2D eigenvalue weighted by atomic mass is 9.67. The normalized spacial score (nSPS) is 21.4. The van der Waals surface area contributed by atoms with Crippen molar-refractivity contribution >= 4 is 5.96 Å². The van der Waals surface area contributed by atoms with E-state index in [1.807, 2.05) is 6.07 Å². The zero-order valence-corrected chi connectivity index (χ0v) is 16.6. The fraction of sp³-hybridized carbons (Fsp3) is 0.667. The predicted octanol–water partition coefficient (Wildman–Crippen LogP) is 2.94. The number of guanidine groups is 1. The van der Waals surface area contributed by atoms with Gasteiger partial charge in [-0.3, -0.25) is 9.89 Å². The Morgan fingerprint density at radius 2 is 2.07 bits per heavy atom. The van der Waals surface area contributed by atoms with Gasteiger partial charge in [-0.1, -0.05) is 25.5 Å². The average molecular weight is 377 g/mol. The monoisotopic (exact) mass is 376 g/mol. The van der Waals surface area contributed by atoms with Crippen LogP contribution in [0.3, 0.4) is 0 Å². The summed E-state index contributed by atoms with van der Waals surface area (Å²) in [5.41, 5.74) is 1.42. The Kier molecular flexibility index (Phi) is 7.07. The van der Waals surface area contributed by atoms with Gasteiger partial charge in [-0.05, 0) is 42.4 Å². The molecule has 5 nitrogen and oxygen atoms in total. The maximum atomic E-state index is 13.8. The highest BCUT2D eigenvalue weighted by Crippen LogP contribution is 2.43. The van der Waals surface area contributed by atoms with Crippen LogP contribution in [-0.4, -0.2) is 57.3 Å². The van der Waals surface area contributed by atoms with Gasteiger partial charge in [0, 0.05) is 33.2 Å². The first-order valence-electron chi connectivity index (χ1n) is 10.2. The largest absolute Gasteiger partial charge is 0.379 e. The van der Waals surface area contributed by atoms with Crippen LogP contribution in [0.15, 0.2) is 29.3 Å². The van der Waals surface area contributed by atoms with Gasteiger partial charge in [0.15, 0.2) is 5.96 Å². The van der Waals surface area contributed by atoms with E-state index in [9.17, 15) is 4.39 Å². The summed E-state index contributed by atoms with van der Waals surface area (Å²) in [6.45, 7) is 7.07. The molecule has 1 aromatic rings. The summed E-state index contributed by atoms with van der Waals surface area (Å²) in [6.07, 6.45) is 5.14. The lowest BCUT2D eigenvalue weighted by Gasteiger charge is -2.41. The van der Waals surface area contributed by atoms with Crippen LogP contribution in [0.1, 0.15) is 44.2 Å². The molecule has 1 saturated carbocycles. The van der Waals surface area contributed by atoms with Gasteiger partial charge in [0.1, 0.15) is 5.82 Å². The molecule has 1 saturated heterocycles. The third-order valence-corrected chi connectivity index (χ3v) is 6.20. The third kappa shape index (κ3) is 5.20. The molecule has 1 unspecified atom stereocenters. The van der Waals surface area contributed by atoms with Crippen molar-refractivity contribution in [3.63, 3.8) is 0 Å². The standard InChI is InChI=1S/C21H33FN4O/c1-3-21(8-5-9-21)16-25-20(23-2)24-15-19(26-10-12-27-13-11-26)17-6-4-7-18(22)14-17/h4,6-7,14,19H,3,5,8-13,15-16H2,1-2H3,(H2,23,24,25). The van der Waals surface area contributed by atoms with Gasteiger partial charge in [-0.25, -0.2) is 4.39 Å². The molecule has 6 heteroatoms. The summed E-state index contributed by atoms with van der Waals surface area (Å²) in [7, 11) is 1.81. The highest BCUT2D eigenvalue weighted by atomic mass is 19.1. The van der Waals surface area contributed by atoms with E-state index in [1.54, 1.807) is 19.2 Å². The summed E-state index contributed by atoms with van der Waals surface area (Å²) in [4.78, 5) is 6.75. The quantitative estimate of drug-likeness (QED) is 0.567. The molecule has 150 valence electrons. The first-order chi connectivity index (χ1) is 13.2. The number of hydrogen-bond acceptors (Lipinski definition) is 3. The minimum Gasteiger partial charge on any atom is -0.379 e. The van der Waals surface area contributed by atoms with Crippen molar-refractivity contribution < 1.29 is 9.13 Å². The van der Waals surface area contributed by atoms with E-state index in [0.717, 1.165) is 44.4 Å². The van der Waals surface area contributed by atoms with E-state index in [1.165, 1.54) is 31.7 Å². The average Bonchev–Trinajstić information content (AvgIpc) is 2.67. The fourth-order valence-electron chi connectivity index (χ4n) is 4.08. The summed E-state index contributed by atoms with van der Waals surface area (Å²) < 4.78 is 19.3. The lowest BCUT2D eigenvalue weighted by molar-refractivity contribution is 0.0169. The topological polar surface area (TPSA) is 48.9 Å². The van der Waals surface area contributed by atoms with Crippen LogP contribution in [0, 0.1) is 11.2 Å². The van der Waals surface area contributed by atoms with Crippen molar-refractivity contribution in [3.05, 3.63) is 35.6 Å². The van der Waals surface area contributed by atoms with E-state index >= 15 is 0 Å². The number of aliphatic imine (C=N–C) groups is 1. The van der Waals surface area contributed by atoms with Gasteiger partial charge in [-0.2, -0.15) is 0 Å². The molecule has 0 spiro atoms. The second kappa shape index (κ2) is 9.51. The number of hydrogen-bond donors (Lipinski definition) is 2. The van der Waals surface area contributed by atoms with Crippen molar-refractivity contribution in [2.45, 2.75) is 38.6 Å². The Hall–Kier alpha value is -1.66. The molecule has 1 heterocycles. The summed E-state index contributed by atoms with van der Waals surface area (Å²) in [5, 5.41) is 6.97. The number of morpholine rings is 1. The van der Waals surface area contributed by atoms with E-state index in [2.05, 4.69) is 27.4 Å². The van der Waals surface area contributed by atoms with Gasteiger partial charge in [0.2, 0.25) is 0 Å². The van der Waals surface area contributed by atoms with Gasteiger partial charge in [0.05, 0.1) is 19.3 Å². The molecule has 2 N–H and O–H groups in total. The summed E-state index contributed by atoms with van der Waals surface area (Å²) in [6, 6.07) is 7.01. The second-order valence-electron chi connectivity index (χ2n) is 7.73. The number of rotatable bonds is 7. The molecule has 1 atom stereocenters. The maximum Gasteiger partial charge on any atom is 0.191 e. The number of benzene rings is 1. The number of nitrogens with zero attached hydrogens (tertiary/aromatic N) is 2. The number of ether oxygens (including phenoxy) is 1. The van der Waals surface area contributed by atoms with Crippen LogP contribution < -0.4 is 10.6 Å². The van der Waals surface area contributed by atoms with Crippen molar-refractivity contribution in [3.8, 4) is 0 Å².